The van der Waals surface area contributed by atoms with E-state index < -0.39 is 0 Å². The van der Waals surface area contributed by atoms with Crippen LogP contribution >= 0.6 is 11.8 Å². The van der Waals surface area contributed by atoms with Gasteiger partial charge in [0.05, 0.1) is 9.79 Å². The van der Waals surface area contributed by atoms with Crippen LogP contribution in [0.3, 0.4) is 0 Å². The van der Waals surface area contributed by atoms with Gasteiger partial charge in [0.2, 0.25) is 0 Å². The number of rotatable bonds is 4. The smallest absolute Gasteiger partial charge is 0.269 e. The van der Waals surface area contributed by atoms with Gasteiger partial charge < -0.3 is 10.2 Å². The van der Waals surface area contributed by atoms with Gasteiger partial charge in [0, 0.05) is 40.8 Å². The number of fused-ring (bicyclic) bond motifs is 1. The maximum atomic E-state index is 11.3. The van der Waals surface area contributed by atoms with Crippen molar-refractivity contribution in [2.24, 2.45) is 0 Å². The fraction of sp³-hybridized carbons (Fsp3) is 0.346. The van der Waals surface area contributed by atoms with Crippen molar-refractivity contribution in [1.82, 2.24) is 15.1 Å². The summed E-state index contributed by atoms with van der Waals surface area (Å²) in [6.45, 7) is 2.89. The second-order valence-electron chi connectivity index (χ2n) is 9.41. The van der Waals surface area contributed by atoms with Gasteiger partial charge in [-0.25, -0.2) is 0 Å². The second-order valence-corrected chi connectivity index (χ2v) is 10.8. The average molecular weight is 474 g/mol. The van der Waals surface area contributed by atoms with Crippen molar-refractivity contribution in [3.63, 3.8) is 0 Å². The Labute approximate surface area is 202 Å². The molecular weight excluding hydrogens is 446 g/mol. The molecule has 1 unspecified atom stereocenters. The Bertz CT molecular complexity index is 1260. The van der Waals surface area contributed by atoms with Gasteiger partial charge in [0.1, 0.15) is 5.82 Å². The first-order valence-corrected chi connectivity index (χ1v) is 12.7. The molecule has 0 amide bonds. The first-order valence-electron chi connectivity index (χ1n) is 11.9. The van der Waals surface area contributed by atoms with Gasteiger partial charge >= 0.3 is 0 Å². The Morgan fingerprint density at radius 1 is 1.12 bits per heavy atom. The molecule has 2 aromatic carbocycles. The number of allylic oxidation sites excluding steroid dienone is 1. The van der Waals surface area contributed by atoms with Gasteiger partial charge in [-0.2, -0.15) is 5.10 Å². The van der Waals surface area contributed by atoms with Crippen LogP contribution in [0.25, 0.3) is 0 Å². The Hall–Kier alpha value is -3.26. The summed E-state index contributed by atoms with van der Waals surface area (Å²) in [6.07, 6.45) is 6.03. The van der Waals surface area contributed by atoms with E-state index in [0.717, 1.165) is 47.8 Å². The monoisotopic (exact) mass is 473 g/mol. The fourth-order valence-corrected chi connectivity index (χ4v) is 7.47. The Balaban J connectivity index is 1.48. The topological polar surface area (TPSA) is 87.1 Å². The summed E-state index contributed by atoms with van der Waals surface area (Å²) in [5.41, 5.74) is 4.62. The van der Waals surface area contributed by atoms with E-state index in [-0.39, 0.29) is 21.4 Å². The molecule has 1 fully saturated rings. The highest BCUT2D eigenvalue weighted by atomic mass is 32.2. The van der Waals surface area contributed by atoms with Gasteiger partial charge in [-0.15, -0.1) is 0 Å². The summed E-state index contributed by atoms with van der Waals surface area (Å²) >= 11 is 2.00. The maximum absolute atomic E-state index is 11.3. The molecule has 6 rings (SSSR count). The second kappa shape index (κ2) is 8.20. The van der Waals surface area contributed by atoms with Crippen LogP contribution in [-0.4, -0.2) is 24.9 Å². The molecule has 2 N–H and O–H groups in total. The zero-order valence-corrected chi connectivity index (χ0v) is 19.9. The van der Waals surface area contributed by atoms with Crippen molar-refractivity contribution in [3.05, 3.63) is 97.8 Å². The standard InChI is InChI=1S/C26H27N5O2S/c1-17-21-22(19-10-12-20(13-11-19)31(32)33)23-25(27-24(21)29-28-17)30(16-18-8-4-2-5-9-18)26(34-23)14-6-3-7-15-26/h2,4-5,8-13,22H,3,6-7,14-16H2,1H3,(H2,27,28,29). The minimum atomic E-state index is -0.339. The van der Waals surface area contributed by atoms with E-state index >= 15 is 0 Å². The number of hydrogen-bond donors (Lipinski definition) is 2. The third-order valence-corrected chi connectivity index (χ3v) is 8.99. The zero-order chi connectivity index (χ0) is 23.3. The number of nitrogens with one attached hydrogen (secondary N) is 2. The number of thioether (sulfide) groups is 1. The van der Waals surface area contributed by atoms with E-state index in [1.165, 1.54) is 29.7 Å². The maximum Gasteiger partial charge on any atom is 0.269 e. The van der Waals surface area contributed by atoms with Crippen molar-refractivity contribution in [2.75, 3.05) is 5.32 Å². The lowest BCUT2D eigenvalue weighted by atomic mass is 9.88. The summed E-state index contributed by atoms with van der Waals surface area (Å²) in [4.78, 5) is 14.8. The molecule has 3 heterocycles. The minimum Gasteiger partial charge on any atom is -0.338 e. The molecule has 0 radical (unpaired) electrons. The van der Waals surface area contributed by atoms with Gasteiger partial charge in [0.25, 0.3) is 5.69 Å². The highest BCUT2D eigenvalue weighted by molar-refractivity contribution is 8.04. The number of aryl methyl sites for hydroxylation is 1. The summed E-state index contributed by atoms with van der Waals surface area (Å²) in [5, 5.41) is 22.7. The third-order valence-electron chi connectivity index (χ3n) is 7.33. The number of aromatic nitrogens is 2. The number of nitrogens with zero attached hydrogens (tertiary/aromatic N) is 3. The number of nitro groups is 1. The average Bonchev–Trinajstić information content (AvgIpc) is 3.36. The number of benzene rings is 2. The van der Waals surface area contributed by atoms with E-state index in [0.29, 0.717) is 0 Å². The fourth-order valence-electron chi connectivity index (χ4n) is 5.67. The molecule has 1 saturated carbocycles. The lowest BCUT2D eigenvalue weighted by Crippen LogP contribution is -2.44. The van der Waals surface area contributed by atoms with Crippen molar-refractivity contribution < 1.29 is 4.92 Å². The quantitative estimate of drug-likeness (QED) is 0.343. The van der Waals surface area contributed by atoms with Gasteiger partial charge in [-0.3, -0.25) is 15.2 Å². The van der Waals surface area contributed by atoms with Crippen LogP contribution in [0.5, 0.6) is 0 Å². The van der Waals surface area contributed by atoms with Crippen LogP contribution in [0.1, 0.15) is 60.4 Å². The molecular formula is C26H27N5O2S. The molecule has 2 aliphatic heterocycles. The number of hydrogen-bond acceptors (Lipinski definition) is 6. The summed E-state index contributed by atoms with van der Waals surface area (Å²) in [5.74, 6) is 1.99. The molecule has 174 valence electrons. The molecule has 1 atom stereocenters. The number of aromatic amines is 1. The zero-order valence-electron chi connectivity index (χ0n) is 19.1. The molecule has 8 heteroatoms. The highest BCUT2D eigenvalue weighted by Crippen LogP contribution is 2.61. The Morgan fingerprint density at radius 2 is 1.85 bits per heavy atom. The van der Waals surface area contributed by atoms with Crippen molar-refractivity contribution in [1.29, 1.82) is 0 Å². The predicted octanol–water partition coefficient (Wildman–Crippen LogP) is 6.26. The molecule has 3 aromatic rings. The van der Waals surface area contributed by atoms with Gasteiger partial charge in [-0.1, -0.05) is 73.5 Å². The van der Waals surface area contributed by atoms with Crippen LogP contribution in [0.2, 0.25) is 0 Å². The first-order chi connectivity index (χ1) is 16.6. The lowest BCUT2D eigenvalue weighted by molar-refractivity contribution is -0.384. The van der Waals surface area contributed by atoms with E-state index in [9.17, 15) is 10.1 Å². The molecule has 3 aliphatic rings. The van der Waals surface area contributed by atoms with Crippen LogP contribution < -0.4 is 5.32 Å². The molecule has 1 aromatic heterocycles. The minimum absolute atomic E-state index is 0.00428. The van der Waals surface area contributed by atoms with Crippen LogP contribution in [-0.2, 0) is 6.54 Å². The number of anilines is 1. The van der Waals surface area contributed by atoms with Crippen molar-refractivity contribution in [2.45, 2.75) is 56.4 Å². The number of non-ortho nitro benzene ring substituents is 1. The predicted molar refractivity (Wildman–Crippen MR) is 134 cm³/mol. The summed E-state index contributed by atoms with van der Waals surface area (Å²) in [7, 11) is 0. The normalized spacial score (nSPS) is 20.7. The van der Waals surface area contributed by atoms with Crippen LogP contribution in [0, 0.1) is 17.0 Å². The molecule has 0 bridgehead atoms. The van der Waals surface area contributed by atoms with Gasteiger partial charge in [-0.05, 0) is 30.9 Å². The van der Waals surface area contributed by atoms with E-state index in [2.05, 4.69) is 57.7 Å². The van der Waals surface area contributed by atoms with E-state index in [1.807, 2.05) is 23.9 Å². The highest BCUT2D eigenvalue weighted by Gasteiger charge is 2.51. The molecule has 0 saturated heterocycles. The number of H-pyrrole nitrogens is 1. The first kappa shape index (κ1) is 21.3. The largest absolute Gasteiger partial charge is 0.338 e. The van der Waals surface area contributed by atoms with E-state index in [1.54, 1.807) is 12.1 Å². The third kappa shape index (κ3) is 3.39. The molecule has 34 heavy (non-hydrogen) atoms. The van der Waals surface area contributed by atoms with Crippen molar-refractivity contribution in [3.8, 4) is 0 Å². The molecule has 1 spiro atoms. The Morgan fingerprint density at radius 3 is 2.56 bits per heavy atom. The molecule has 1 aliphatic carbocycles. The molecule has 7 nitrogen and oxygen atoms in total. The van der Waals surface area contributed by atoms with Crippen LogP contribution in [0.15, 0.2) is 65.3 Å². The Kier molecular flexibility index (Phi) is 5.13. The van der Waals surface area contributed by atoms with E-state index in [4.69, 9.17) is 0 Å². The number of nitro benzene ring substituents is 1. The lowest BCUT2D eigenvalue weighted by Gasteiger charge is -2.43. The van der Waals surface area contributed by atoms with Crippen molar-refractivity contribution >= 4 is 23.3 Å². The SMILES string of the molecule is Cc1[nH]nc2c1C(c1ccc([N+](=O)[O-])cc1)C1=C(N2)N(Cc2ccccc2)C2(CCCCC2)S1. The summed E-state index contributed by atoms with van der Waals surface area (Å²) < 4.78 is 0. The van der Waals surface area contributed by atoms with Crippen LogP contribution in [0.4, 0.5) is 11.5 Å². The summed E-state index contributed by atoms with van der Waals surface area (Å²) in [6, 6.07) is 17.7. The van der Waals surface area contributed by atoms with Gasteiger partial charge in [0.15, 0.2) is 5.82 Å².